The molecule has 2 aromatic rings. The lowest BCUT2D eigenvalue weighted by atomic mass is 9.70. The van der Waals surface area contributed by atoms with Crippen molar-refractivity contribution in [2.24, 2.45) is 11.8 Å². The van der Waals surface area contributed by atoms with Crippen LogP contribution >= 0.6 is 15.9 Å². The van der Waals surface area contributed by atoms with E-state index >= 15 is 0 Å². The number of rotatable bonds is 10. The van der Waals surface area contributed by atoms with Gasteiger partial charge in [-0.25, -0.2) is 0 Å². The summed E-state index contributed by atoms with van der Waals surface area (Å²) in [5, 5.41) is 16.4. The van der Waals surface area contributed by atoms with E-state index in [2.05, 4.69) is 26.6 Å². The van der Waals surface area contributed by atoms with Crippen molar-refractivity contribution in [2.75, 3.05) is 18.5 Å². The van der Waals surface area contributed by atoms with E-state index in [1.807, 2.05) is 55.5 Å². The third-order valence-corrected chi connectivity index (χ3v) is 8.91. The van der Waals surface area contributed by atoms with Gasteiger partial charge in [0, 0.05) is 17.1 Å². The number of fused-ring (bicyclic) bond motifs is 1. The molecule has 5 rings (SSSR count). The number of hydrogen-bond acceptors (Lipinski definition) is 5. The molecule has 3 amide bonds. The average molecular weight is 585 g/mol. The van der Waals surface area contributed by atoms with Gasteiger partial charge in [-0.2, -0.15) is 0 Å². The molecule has 38 heavy (non-hydrogen) atoms. The van der Waals surface area contributed by atoms with Gasteiger partial charge in [-0.1, -0.05) is 77.8 Å². The maximum Gasteiger partial charge on any atom is 0.245 e. The zero-order chi connectivity index (χ0) is 26.9. The van der Waals surface area contributed by atoms with E-state index in [4.69, 9.17) is 4.74 Å². The monoisotopic (exact) mass is 583 g/mol. The number of carbonyl (C=O) groups excluding carboxylic acids is 3. The Bertz CT molecular complexity index is 1170. The standard InChI is InChI=1S/C29H34BrN3O5/c1-2-3-14-31-27(36)25-29-16-21(30)24(38-29)22(26(35)32-19-12-8-5-9-13-19)23(29)28(37)33(25)20(17-34)15-18-10-6-4-7-11-18/h4-13,20-25,34H,2-3,14-17H2,1H3,(H,31,36)(H,32,35)/t20-,21?,22-,23+,24-,25?,29?/m1/s1. The van der Waals surface area contributed by atoms with Crippen molar-refractivity contribution in [3.8, 4) is 0 Å². The number of nitrogens with one attached hydrogen (secondary N) is 2. The van der Waals surface area contributed by atoms with Crippen LogP contribution in [0.4, 0.5) is 5.69 Å². The zero-order valence-corrected chi connectivity index (χ0v) is 23.0. The van der Waals surface area contributed by atoms with Gasteiger partial charge in [-0.3, -0.25) is 14.4 Å². The number of benzene rings is 2. The maximum atomic E-state index is 14.2. The van der Waals surface area contributed by atoms with Crippen molar-refractivity contribution in [3.05, 3.63) is 66.2 Å². The van der Waals surface area contributed by atoms with Crippen molar-refractivity contribution < 1.29 is 24.2 Å². The lowest BCUT2D eigenvalue weighted by molar-refractivity contribution is -0.145. The van der Waals surface area contributed by atoms with Gasteiger partial charge in [0.15, 0.2) is 0 Å². The van der Waals surface area contributed by atoms with E-state index in [1.165, 1.54) is 4.90 Å². The highest BCUT2D eigenvalue weighted by atomic mass is 79.9. The Hall–Kier alpha value is -2.75. The fourth-order valence-electron chi connectivity index (χ4n) is 6.43. The van der Waals surface area contributed by atoms with Gasteiger partial charge >= 0.3 is 0 Å². The van der Waals surface area contributed by atoms with Crippen LogP contribution in [-0.2, 0) is 25.5 Å². The van der Waals surface area contributed by atoms with Crippen LogP contribution in [0.15, 0.2) is 60.7 Å². The molecule has 3 aliphatic rings. The molecule has 202 valence electrons. The fourth-order valence-corrected chi connectivity index (χ4v) is 7.37. The van der Waals surface area contributed by atoms with Crippen molar-refractivity contribution in [3.63, 3.8) is 0 Å². The number of aliphatic hydroxyl groups excluding tert-OH is 1. The smallest absolute Gasteiger partial charge is 0.245 e. The minimum Gasteiger partial charge on any atom is -0.394 e. The van der Waals surface area contributed by atoms with Crippen LogP contribution in [0.5, 0.6) is 0 Å². The van der Waals surface area contributed by atoms with Crippen LogP contribution in [0, 0.1) is 11.8 Å². The summed E-state index contributed by atoms with van der Waals surface area (Å²) in [6, 6.07) is 17.1. The molecule has 3 saturated heterocycles. The number of nitrogens with zero attached hydrogens (tertiary/aromatic N) is 1. The summed E-state index contributed by atoms with van der Waals surface area (Å²) in [5.74, 6) is -2.51. The number of para-hydroxylation sites is 1. The summed E-state index contributed by atoms with van der Waals surface area (Å²) in [6.45, 7) is 2.21. The number of halogens is 1. The second-order valence-corrected chi connectivity index (χ2v) is 11.6. The first kappa shape index (κ1) is 26.8. The highest BCUT2D eigenvalue weighted by Gasteiger charge is 2.77. The largest absolute Gasteiger partial charge is 0.394 e. The number of aliphatic hydroxyl groups is 1. The third kappa shape index (κ3) is 4.65. The van der Waals surface area contributed by atoms with Crippen molar-refractivity contribution in [1.82, 2.24) is 10.2 Å². The van der Waals surface area contributed by atoms with Crippen LogP contribution in [-0.4, -0.2) is 69.5 Å². The first-order chi connectivity index (χ1) is 18.4. The van der Waals surface area contributed by atoms with Gasteiger partial charge in [0.1, 0.15) is 11.6 Å². The SMILES string of the molecule is CCCCNC(=O)C1N([C@@H](CO)Cc2ccccc2)C(=O)[C@@H]2[C@@H](C(=O)Nc3ccccc3)[C@@H]3OC12CC3Br. The minimum absolute atomic E-state index is 0.189. The highest BCUT2D eigenvalue weighted by molar-refractivity contribution is 9.09. The number of hydrogen-bond donors (Lipinski definition) is 3. The molecule has 0 saturated carbocycles. The van der Waals surface area contributed by atoms with Gasteiger partial charge in [-0.05, 0) is 37.0 Å². The molecule has 9 heteroatoms. The molecule has 3 fully saturated rings. The van der Waals surface area contributed by atoms with E-state index in [1.54, 1.807) is 12.1 Å². The normalized spacial score (nSPS) is 30.2. The van der Waals surface area contributed by atoms with Crippen LogP contribution in [0.3, 0.4) is 0 Å². The molecular weight excluding hydrogens is 550 g/mol. The molecule has 3 N–H and O–H groups in total. The summed E-state index contributed by atoms with van der Waals surface area (Å²) >= 11 is 3.69. The molecule has 7 atom stereocenters. The van der Waals surface area contributed by atoms with Crippen molar-refractivity contribution in [2.45, 2.75) is 61.2 Å². The number of anilines is 1. The van der Waals surface area contributed by atoms with Crippen molar-refractivity contribution in [1.29, 1.82) is 0 Å². The topological polar surface area (TPSA) is 108 Å². The third-order valence-electron chi connectivity index (χ3n) is 8.07. The summed E-state index contributed by atoms with van der Waals surface area (Å²) in [7, 11) is 0. The van der Waals surface area contributed by atoms with E-state index in [0.717, 1.165) is 18.4 Å². The molecule has 3 heterocycles. The molecule has 0 aliphatic carbocycles. The lowest BCUT2D eigenvalue weighted by Gasteiger charge is -2.37. The molecular formula is C29H34BrN3O5. The number of carbonyl (C=O) groups is 3. The summed E-state index contributed by atoms with van der Waals surface area (Å²) in [4.78, 5) is 43.0. The van der Waals surface area contributed by atoms with E-state index in [-0.39, 0.29) is 29.2 Å². The average Bonchev–Trinajstić information content (AvgIpc) is 3.52. The Kier molecular flexibility index (Phi) is 7.88. The zero-order valence-electron chi connectivity index (χ0n) is 21.4. The molecule has 3 unspecified atom stereocenters. The molecule has 2 aromatic carbocycles. The molecule has 2 bridgehead atoms. The Morgan fingerprint density at radius 3 is 2.47 bits per heavy atom. The van der Waals surface area contributed by atoms with Gasteiger partial charge in [0.25, 0.3) is 0 Å². The number of unbranched alkanes of at least 4 members (excludes halogenated alkanes) is 1. The lowest BCUT2D eigenvalue weighted by Crippen LogP contribution is -2.58. The Labute approximate surface area is 231 Å². The van der Waals surface area contributed by atoms with Gasteiger partial charge in [-0.15, -0.1) is 0 Å². The highest BCUT2D eigenvalue weighted by Crippen LogP contribution is 2.60. The summed E-state index contributed by atoms with van der Waals surface area (Å²) < 4.78 is 6.54. The Morgan fingerprint density at radius 2 is 1.82 bits per heavy atom. The van der Waals surface area contributed by atoms with Crippen LogP contribution in [0.1, 0.15) is 31.7 Å². The molecule has 0 aromatic heterocycles. The summed E-state index contributed by atoms with van der Waals surface area (Å²) in [6.07, 6.45) is 1.99. The predicted octanol–water partition coefficient (Wildman–Crippen LogP) is 2.89. The van der Waals surface area contributed by atoms with Gasteiger partial charge in [0.2, 0.25) is 17.7 Å². The van der Waals surface area contributed by atoms with Gasteiger partial charge in [0.05, 0.1) is 30.6 Å². The number of alkyl halides is 1. The molecule has 1 spiro atoms. The van der Waals surface area contributed by atoms with Gasteiger partial charge < -0.3 is 25.4 Å². The first-order valence-electron chi connectivity index (χ1n) is 13.3. The maximum absolute atomic E-state index is 14.2. The van der Waals surface area contributed by atoms with Crippen LogP contribution in [0.2, 0.25) is 0 Å². The number of ether oxygens (including phenoxy) is 1. The molecule has 0 radical (unpaired) electrons. The summed E-state index contributed by atoms with van der Waals surface area (Å²) in [5.41, 5.74) is 0.421. The van der Waals surface area contributed by atoms with E-state index in [9.17, 15) is 19.5 Å². The fraction of sp³-hybridized carbons (Fsp3) is 0.483. The van der Waals surface area contributed by atoms with Crippen LogP contribution < -0.4 is 10.6 Å². The number of amides is 3. The van der Waals surface area contributed by atoms with Crippen LogP contribution in [0.25, 0.3) is 0 Å². The molecule has 3 aliphatic heterocycles. The predicted molar refractivity (Wildman–Crippen MR) is 147 cm³/mol. The second kappa shape index (κ2) is 11.2. The first-order valence-corrected chi connectivity index (χ1v) is 14.2. The van der Waals surface area contributed by atoms with E-state index in [0.29, 0.717) is 25.1 Å². The Morgan fingerprint density at radius 1 is 1.13 bits per heavy atom. The Balaban J connectivity index is 1.51. The van der Waals surface area contributed by atoms with E-state index < -0.39 is 35.6 Å². The minimum atomic E-state index is -1.16. The quantitative estimate of drug-likeness (QED) is 0.294. The van der Waals surface area contributed by atoms with Crippen molar-refractivity contribution >= 4 is 39.3 Å². The molecule has 8 nitrogen and oxygen atoms in total. The second-order valence-electron chi connectivity index (χ2n) is 10.4. The number of likely N-dealkylation sites (tertiary alicyclic amines) is 1.